The average Bonchev–Trinajstić information content (AvgIpc) is 2.62. The number of hydrogen-bond acceptors (Lipinski definition) is 1. The van der Waals surface area contributed by atoms with Gasteiger partial charge in [0.1, 0.15) is 0 Å². The van der Waals surface area contributed by atoms with Gasteiger partial charge in [-0.2, -0.15) is 0 Å². The molecule has 2 fully saturated rings. The first kappa shape index (κ1) is 9.51. The van der Waals surface area contributed by atoms with Gasteiger partial charge in [-0.15, -0.1) is 0 Å². The molecule has 0 aromatic heterocycles. The summed E-state index contributed by atoms with van der Waals surface area (Å²) in [6.45, 7) is 6.02. The zero-order valence-electron chi connectivity index (χ0n) is 9.05. The number of piperidine rings is 1. The molecule has 1 N–H and O–H groups in total. The lowest BCUT2D eigenvalue weighted by Crippen LogP contribution is -2.44. The average molecular weight is 181 g/mol. The van der Waals surface area contributed by atoms with E-state index in [1.807, 2.05) is 0 Å². The van der Waals surface area contributed by atoms with Crippen molar-refractivity contribution in [2.75, 3.05) is 6.54 Å². The molecule has 3 atom stereocenters. The first-order valence-corrected chi connectivity index (χ1v) is 6.00. The second-order valence-electron chi connectivity index (χ2n) is 5.21. The number of hydrogen-bond donors (Lipinski definition) is 1. The van der Waals surface area contributed by atoms with Crippen molar-refractivity contribution in [2.45, 2.75) is 52.0 Å². The Morgan fingerprint density at radius 3 is 2.31 bits per heavy atom. The Balaban J connectivity index is 1.87. The van der Waals surface area contributed by atoms with E-state index in [0.717, 1.165) is 23.8 Å². The molecule has 0 aromatic carbocycles. The van der Waals surface area contributed by atoms with Gasteiger partial charge >= 0.3 is 0 Å². The van der Waals surface area contributed by atoms with E-state index < -0.39 is 0 Å². The van der Waals surface area contributed by atoms with Crippen LogP contribution in [0.4, 0.5) is 0 Å². The molecule has 1 heterocycles. The molecule has 0 bridgehead atoms. The summed E-state index contributed by atoms with van der Waals surface area (Å²) in [6, 6.07) is 0.748. The van der Waals surface area contributed by atoms with Crippen LogP contribution >= 0.6 is 0 Å². The third-order valence-electron chi connectivity index (χ3n) is 4.30. The first-order valence-electron chi connectivity index (χ1n) is 6.00. The molecule has 1 nitrogen and oxygen atoms in total. The highest BCUT2D eigenvalue weighted by Crippen LogP contribution is 2.36. The fraction of sp³-hybridized carbons (Fsp3) is 1.00. The standard InChI is InChI=1S/C12H23N/c1-9-7-12(8-13-10(9)2)11-5-3-4-6-11/h9-13H,3-8H2,1-2H3. The normalized spacial score (nSPS) is 42.5. The summed E-state index contributed by atoms with van der Waals surface area (Å²) in [4.78, 5) is 0. The molecule has 76 valence electrons. The van der Waals surface area contributed by atoms with Gasteiger partial charge in [-0.25, -0.2) is 0 Å². The summed E-state index contributed by atoms with van der Waals surface area (Å²) < 4.78 is 0. The molecule has 1 aliphatic heterocycles. The van der Waals surface area contributed by atoms with Crippen LogP contribution in [0.2, 0.25) is 0 Å². The predicted molar refractivity (Wildman–Crippen MR) is 56.7 cm³/mol. The summed E-state index contributed by atoms with van der Waals surface area (Å²) in [5.74, 6) is 2.94. The van der Waals surface area contributed by atoms with E-state index in [1.165, 1.54) is 38.6 Å². The van der Waals surface area contributed by atoms with Crippen LogP contribution in [0.5, 0.6) is 0 Å². The third kappa shape index (κ3) is 2.07. The van der Waals surface area contributed by atoms with Crippen molar-refractivity contribution in [1.82, 2.24) is 5.32 Å². The van der Waals surface area contributed by atoms with Crippen molar-refractivity contribution in [3.05, 3.63) is 0 Å². The summed E-state index contributed by atoms with van der Waals surface area (Å²) >= 11 is 0. The Morgan fingerprint density at radius 1 is 1.00 bits per heavy atom. The molecule has 0 radical (unpaired) electrons. The Bertz CT molecular complexity index is 161. The van der Waals surface area contributed by atoms with Crippen LogP contribution in [0.1, 0.15) is 46.0 Å². The van der Waals surface area contributed by atoms with Crippen LogP contribution in [-0.4, -0.2) is 12.6 Å². The SMILES string of the molecule is CC1CC(C2CCCC2)CNC1C. The zero-order chi connectivity index (χ0) is 9.26. The maximum absolute atomic E-state index is 3.66. The molecule has 1 saturated carbocycles. The van der Waals surface area contributed by atoms with E-state index in [-0.39, 0.29) is 0 Å². The summed E-state index contributed by atoms with van der Waals surface area (Å²) in [5.41, 5.74) is 0. The van der Waals surface area contributed by atoms with Crippen LogP contribution in [0.3, 0.4) is 0 Å². The molecule has 0 spiro atoms. The van der Waals surface area contributed by atoms with Crippen LogP contribution in [0, 0.1) is 17.8 Å². The Labute approximate surface area is 82.3 Å². The molecule has 13 heavy (non-hydrogen) atoms. The van der Waals surface area contributed by atoms with E-state index in [9.17, 15) is 0 Å². The molecule has 1 aliphatic carbocycles. The van der Waals surface area contributed by atoms with Gasteiger partial charge in [0, 0.05) is 6.04 Å². The Kier molecular flexibility index (Phi) is 2.92. The van der Waals surface area contributed by atoms with Gasteiger partial charge in [-0.05, 0) is 37.6 Å². The van der Waals surface area contributed by atoms with Gasteiger partial charge in [-0.3, -0.25) is 0 Å². The minimum atomic E-state index is 0.748. The number of nitrogens with one attached hydrogen (secondary N) is 1. The highest BCUT2D eigenvalue weighted by atomic mass is 14.9. The summed E-state index contributed by atoms with van der Waals surface area (Å²) in [5, 5.41) is 3.66. The van der Waals surface area contributed by atoms with Gasteiger partial charge < -0.3 is 5.32 Å². The van der Waals surface area contributed by atoms with Crippen LogP contribution in [0.25, 0.3) is 0 Å². The molecule has 3 unspecified atom stereocenters. The zero-order valence-corrected chi connectivity index (χ0v) is 9.05. The maximum atomic E-state index is 3.66. The molecule has 0 aromatic rings. The predicted octanol–water partition coefficient (Wildman–Crippen LogP) is 2.81. The molecule has 0 amide bonds. The second kappa shape index (κ2) is 4.00. The van der Waals surface area contributed by atoms with Crippen molar-refractivity contribution >= 4 is 0 Å². The fourth-order valence-corrected chi connectivity index (χ4v) is 3.09. The van der Waals surface area contributed by atoms with Crippen LogP contribution in [0.15, 0.2) is 0 Å². The minimum Gasteiger partial charge on any atom is -0.314 e. The smallest absolute Gasteiger partial charge is 0.00645 e. The topological polar surface area (TPSA) is 12.0 Å². The highest BCUT2D eigenvalue weighted by Gasteiger charge is 2.30. The summed E-state index contributed by atoms with van der Waals surface area (Å²) in [7, 11) is 0. The Morgan fingerprint density at radius 2 is 1.69 bits per heavy atom. The second-order valence-corrected chi connectivity index (χ2v) is 5.21. The van der Waals surface area contributed by atoms with Crippen molar-refractivity contribution in [3.63, 3.8) is 0 Å². The van der Waals surface area contributed by atoms with Crippen LogP contribution < -0.4 is 5.32 Å². The van der Waals surface area contributed by atoms with Gasteiger partial charge in [0.05, 0.1) is 0 Å². The van der Waals surface area contributed by atoms with E-state index >= 15 is 0 Å². The molecule has 1 saturated heterocycles. The molecular formula is C12H23N. The first-order chi connectivity index (χ1) is 6.27. The van der Waals surface area contributed by atoms with E-state index in [0.29, 0.717) is 0 Å². The highest BCUT2D eigenvalue weighted by molar-refractivity contribution is 4.85. The van der Waals surface area contributed by atoms with Gasteiger partial charge in [0.25, 0.3) is 0 Å². The van der Waals surface area contributed by atoms with Gasteiger partial charge in [-0.1, -0.05) is 32.6 Å². The van der Waals surface area contributed by atoms with E-state index in [1.54, 1.807) is 0 Å². The fourth-order valence-electron chi connectivity index (χ4n) is 3.09. The maximum Gasteiger partial charge on any atom is 0.00645 e. The van der Waals surface area contributed by atoms with Crippen molar-refractivity contribution in [1.29, 1.82) is 0 Å². The Hall–Kier alpha value is -0.0400. The largest absolute Gasteiger partial charge is 0.314 e. The molecule has 2 rings (SSSR count). The van der Waals surface area contributed by atoms with Crippen molar-refractivity contribution in [2.24, 2.45) is 17.8 Å². The quantitative estimate of drug-likeness (QED) is 0.656. The van der Waals surface area contributed by atoms with E-state index in [2.05, 4.69) is 19.2 Å². The van der Waals surface area contributed by atoms with Crippen molar-refractivity contribution < 1.29 is 0 Å². The third-order valence-corrected chi connectivity index (χ3v) is 4.30. The summed E-state index contributed by atoms with van der Waals surface area (Å²) in [6.07, 6.45) is 7.47. The molecular weight excluding hydrogens is 158 g/mol. The van der Waals surface area contributed by atoms with Crippen molar-refractivity contribution in [3.8, 4) is 0 Å². The lowest BCUT2D eigenvalue weighted by molar-refractivity contribution is 0.186. The molecule has 1 heteroatoms. The van der Waals surface area contributed by atoms with Crippen LogP contribution in [-0.2, 0) is 0 Å². The number of rotatable bonds is 1. The van der Waals surface area contributed by atoms with Gasteiger partial charge in [0.15, 0.2) is 0 Å². The molecule has 2 aliphatic rings. The monoisotopic (exact) mass is 181 g/mol. The van der Waals surface area contributed by atoms with E-state index in [4.69, 9.17) is 0 Å². The lowest BCUT2D eigenvalue weighted by Gasteiger charge is -2.36. The van der Waals surface area contributed by atoms with Gasteiger partial charge in [0.2, 0.25) is 0 Å². The minimum absolute atomic E-state index is 0.748. The lowest BCUT2D eigenvalue weighted by atomic mass is 9.79.